The van der Waals surface area contributed by atoms with Crippen LogP contribution < -0.4 is 0 Å². The molecule has 0 aromatic heterocycles. The van der Waals surface area contributed by atoms with Crippen LogP contribution in [-0.2, 0) is 9.53 Å². The van der Waals surface area contributed by atoms with Crippen molar-refractivity contribution in [2.24, 2.45) is 0 Å². The lowest BCUT2D eigenvalue weighted by Gasteiger charge is -2.15. The van der Waals surface area contributed by atoms with Gasteiger partial charge in [-0.3, -0.25) is 4.79 Å². The Bertz CT molecular complexity index is 495. The van der Waals surface area contributed by atoms with Crippen LogP contribution in [0.25, 0.3) is 0 Å². The number of halogens is 1. The largest absolute Gasteiger partial charge is 0.367 e. The quantitative estimate of drug-likeness (QED) is 0.861. The topological polar surface area (TPSA) is 50.1 Å². The molecule has 1 aliphatic rings. The van der Waals surface area contributed by atoms with Gasteiger partial charge in [0.15, 0.2) is 5.78 Å². The van der Waals surface area contributed by atoms with Crippen LogP contribution in [0.4, 0.5) is 0 Å². The highest BCUT2D eigenvalue weighted by Crippen LogP contribution is 2.30. The van der Waals surface area contributed by atoms with Crippen molar-refractivity contribution in [1.82, 2.24) is 0 Å². The summed E-state index contributed by atoms with van der Waals surface area (Å²) in [4.78, 5) is 12.3. The molecule has 94 valence electrons. The Labute approximate surface area is 115 Å². The van der Waals surface area contributed by atoms with Crippen molar-refractivity contribution in [2.45, 2.75) is 37.9 Å². The van der Waals surface area contributed by atoms with E-state index in [-0.39, 0.29) is 11.9 Å². The number of Topliss-reactive ketones (excluding diaryl/α,β-unsaturated/α-hetero) is 1. The van der Waals surface area contributed by atoms with E-state index in [0.29, 0.717) is 12.0 Å². The molecule has 4 heteroatoms. The third kappa shape index (κ3) is 2.63. The van der Waals surface area contributed by atoms with E-state index in [1.807, 2.05) is 25.1 Å². The first-order valence-electron chi connectivity index (χ1n) is 5.96. The summed E-state index contributed by atoms with van der Waals surface area (Å²) >= 11 is 3.38. The zero-order valence-corrected chi connectivity index (χ0v) is 11.7. The highest BCUT2D eigenvalue weighted by molar-refractivity contribution is 9.10. The van der Waals surface area contributed by atoms with Crippen LogP contribution in [0.2, 0.25) is 0 Å². The fraction of sp³-hybridized carbons (Fsp3) is 0.429. The Morgan fingerprint density at radius 3 is 2.78 bits per heavy atom. The van der Waals surface area contributed by atoms with Gasteiger partial charge in [-0.15, -0.1) is 0 Å². The molecule has 0 N–H and O–H groups in total. The zero-order valence-electron chi connectivity index (χ0n) is 10.1. The number of nitrogens with zero attached hydrogens (tertiary/aromatic N) is 1. The average Bonchev–Trinajstić information content (AvgIpc) is 2.79. The van der Waals surface area contributed by atoms with Crippen molar-refractivity contribution >= 4 is 21.7 Å². The first-order chi connectivity index (χ1) is 8.63. The van der Waals surface area contributed by atoms with E-state index in [9.17, 15) is 10.1 Å². The van der Waals surface area contributed by atoms with Gasteiger partial charge in [0, 0.05) is 4.47 Å². The van der Waals surface area contributed by atoms with E-state index in [1.54, 1.807) is 6.07 Å². The van der Waals surface area contributed by atoms with Crippen LogP contribution in [0, 0.1) is 11.3 Å². The molecule has 1 saturated heterocycles. The Morgan fingerprint density at radius 1 is 1.50 bits per heavy atom. The van der Waals surface area contributed by atoms with E-state index < -0.39 is 12.0 Å². The third-order valence-corrected chi connectivity index (χ3v) is 3.90. The molecule has 1 fully saturated rings. The first kappa shape index (κ1) is 13.3. The Hall–Kier alpha value is -1.18. The summed E-state index contributed by atoms with van der Waals surface area (Å²) in [5.74, 6) is -0.885. The Kier molecular flexibility index (Phi) is 4.15. The summed E-state index contributed by atoms with van der Waals surface area (Å²) < 4.78 is 6.34. The van der Waals surface area contributed by atoms with Gasteiger partial charge >= 0.3 is 0 Å². The molecule has 2 rings (SSSR count). The Balaban J connectivity index is 2.22. The SMILES string of the molecule is CC1CCC(C(=O)C(C#N)c2ccccc2Br)O1. The van der Waals surface area contributed by atoms with Crippen molar-refractivity contribution in [1.29, 1.82) is 5.26 Å². The molecule has 18 heavy (non-hydrogen) atoms. The molecule has 3 atom stereocenters. The fourth-order valence-corrected chi connectivity index (χ4v) is 2.71. The number of carbonyl (C=O) groups excluding carboxylic acids is 1. The second kappa shape index (κ2) is 5.64. The molecule has 0 amide bonds. The van der Waals surface area contributed by atoms with Crippen molar-refractivity contribution < 1.29 is 9.53 Å². The van der Waals surface area contributed by atoms with Crippen LogP contribution in [0.3, 0.4) is 0 Å². The van der Waals surface area contributed by atoms with Gasteiger partial charge in [0.05, 0.1) is 12.2 Å². The molecule has 1 aromatic carbocycles. The summed E-state index contributed by atoms with van der Waals surface area (Å²) in [5, 5.41) is 9.25. The number of rotatable bonds is 3. The molecular weight excluding hydrogens is 294 g/mol. The first-order valence-corrected chi connectivity index (χ1v) is 6.76. The molecule has 1 heterocycles. The van der Waals surface area contributed by atoms with Crippen LogP contribution in [0.5, 0.6) is 0 Å². The Morgan fingerprint density at radius 2 is 2.22 bits per heavy atom. The molecule has 1 aromatic rings. The molecule has 0 spiro atoms. The van der Waals surface area contributed by atoms with Gasteiger partial charge in [0.25, 0.3) is 0 Å². The molecule has 0 aliphatic carbocycles. The van der Waals surface area contributed by atoms with E-state index in [1.165, 1.54) is 0 Å². The lowest BCUT2D eigenvalue weighted by Crippen LogP contribution is -2.26. The minimum atomic E-state index is -0.754. The normalized spacial score (nSPS) is 24.5. The predicted molar refractivity (Wildman–Crippen MR) is 71.1 cm³/mol. The molecular formula is C14H14BrNO2. The van der Waals surface area contributed by atoms with Gasteiger partial charge in [-0.1, -0.05) is 34.1 Å². The van der Waals surface area contributed by atoms with Crippen molar-refractivity contribution in [2.75, 3.05) is 0 Å². The monoisotopic (exact) mass is 307 g/mol. The van der Waals surface area contributed by atoms with Crippen LogP contribution in [-0.4, -0.2) is 18.0 Å². The van der Waals surface area contributed by atoms with Crippen molar-refractivity contribution in [3.8, 4) is 6.07 Å². The van der Waals surface area contributed by atoms with Crippen LogP contribution in [0.1, 0.15) is 31.2 Å². The summed E-state index contributed by atoms with van der Waals surface area (Å²) in [6, 6.07) is 9.42. The zero-order chi connectivity index (χ0) is 13.1. The number of ketones is 1. The molecule has 0 saturated carbocycles. The molecule has 3 nitrogen and oxygen atoms in total. The van der Waals surface area contributed by atoms with Crippen molar-refractivity contribution in [3.63, 3.8) is 0 Å². The van der Waals surface area contributed by atoms with Crippen LogP contribution in [0.15, 0.2) is 28.7 Å². The van der Waals surface area contributed by atoms with Gasteiger partial charge in [-0.2, -0.15) is 5.26 Å². The number of hydrogen-bond donors (Lipinski definition) is 0. The summed E-state index contributed by atoms with van der Waals surface area (Å²) in [7, 11) is 0. The maximum atomic E-state index is 12.3. The number of ether oxygens (including phenoxy) is 1. The summed E-state index contributed by atoms with van der Waals surface area (Å²) in [6.45, 7) is 1.95. The van der Waals surface area contributed by atoms with Gasteiger partial charge in [-0.05, 0) is 31.4 Å². The number of benzene rings is 1. The maximum Gasteiger partial charge on any atom is 0.183 e. The van der Waals surface area contributed by atoms with E-state index in [0.717, 1.165) is 10.9 Å². The second-order valence-corrected chi connectivity index (χ2v) is 5.35. The van der Waals surface area contributed by atoms with Gasteiger partial charge in [-0.25, -0.2) is 0 Å². The summed E-state index contributed by atoms with van der Waals surface area (Å²) in [5.41, 5.74) is 0.716. The van der Waals surface area contributed by atoms with Crippen molar-refractivity contribution in [3.05, 3.63) is 34.3 Å². The van der Waals surface area contributed by atoms with E-state index >= 15 is 0 Å². The van der Waals surface area contributed by atoms with E-state index in [2.05, 4.69) is 22.0 Å². The second-order valence-electron chi connectivity index (χ2n) is 4.50. The van der Waals surface area contributed by atoms with E-state index in [4.69, 9.17) is 4.74 Å². The predicted octanol–water partition coefficient (Wildman–Crippen LogP) is 3.19. The number of hydrogen-bond acceptors (Lipinski definition) is 3. The minimum Gasteiger partial charge on any atom is -0.367 e. The molecule has 3 unspecified atom stereocenters. The van der Waals surface area contributed by atoms with Crippen LogP contribution >= 0.6 is 15.9 Å². The number of carbonyl (C=O) groups is 1. The van der Waals surface area contributed by atoms with Gasteiger partial charge in [0.1, 0.15) is 12.0 Å². The number of nitriles is 1. The standard InChI is InChI=1S/C14H14BrNO2/c1-9-6-7-13(18-9)14(17)11(8-16)10-4-2-3-5-12(10)15/h2-5,9,11,13H,6-7H2,1H3. The molecule has 1 aliphatic heterocycles. The van der Waals surface area contributed by atoms with Gasteiger partial charge < -0.3 is 4.74 Å². The average molecular weight is 308 g/mol. The maximum absolute atomic E-state index is 12.3. The lowest BCUT2D eigenvalue weighted by molar-refractivity contribution is -0.129. The third-order valence-electron chi connectivity index (χ3n) is 3.18. The van der Waals surface area contributed by atoms with Gasteiger partial charge in [0.2, 0.25) is 0 Å². The smallest absolute Gasteiger partial charge is 0.183 e. The molecule has 0 radical (unpaired) electrons. The highest BCUT2D eigenvalue weighted by Gasteiger charge is 2.34. The fourth-order valence-electron chi connectivity index (χ4n) is 2.19. The molecule has 0 bridgehead atoms. The summed E-state index contributed by atoms with van der Waals surface area (Å²) in [6.07, 6.45) is 1.27. The minimum absolute atomic E-state index is 0.109. The lowest BCUT2D eigenvalue weighted by atomic mass is 9.92. The highest BCUT2D eigenvalue weighted by atomic mass is 79.9.